The van der Waals surface area contributed by atoms with Gasteiger partial charge in [0.1, 0.15) is 0 Å². The van der Waals surface area contributed by atoms with Crippen molar-refractivity contribution in [3.05, 3.63) is 158 Å². The molecule has 0 fully saturated rings. The van der Waals surface area contributed by atoms with Crippen molar-refractivity contribution in [1.82, 2.24) is 19.4 Å². The summed E-state index contributed by atoms with van der Waals surface area (Å²) in [6, 6.07) is 50.0. The fourth-order valence-corrected chi connectivity index (χ4v) is 6.43. The van der Waals surface area contributed by atoms with Crippen LogP contribution in [0.25, 0.3) is 83.9 Å². The van der Waals surface area contributed by atoms with Crippen molar-refractivity contribution >= 4 is 27.7 Å². The minimum Gasteiger partial charge on any atom is -0.438 e. The normalized spacial score (nSPS) is 11.5. The Morgan fingerprint density at radius 1 is 0.457 bits per heavy atom. The predicted octanol–water partition coefficient (Wildman–Crippen LogP) is 10.4. The second-order valence-electron chi connectivity index (χ2n) is 11.3. The van der Waals surface area contributed by atoms with E-state index in [4.69, 9.17) is 9.40 Å². The molecule has 0 radical (unpaired) electrons. The highest BCUT2D eigenvalue weighted by Gasteiger charge is 2.22. The van der Waals surface area contributed by atoms with Crippen molar-refractivity contribution < 1.29 is 4.42 Å². The van der Waals surface area contributed by atoms with E-state index < -0.39 is 0 Å². The van der Waals surface area contributed by atoms with E-state index in [9.17, 15) is 0 Å². The van der Waals surface area contributed by atoms with Gasteiger partial charge in [0.05, 0.1) is 39.4 Å². The smallest absolute Gasteiger partial charge is 0.213 e. The molecule has 5 nitrogen and oxygen atoms in total. The van der Waals surface area contributed by atoms with E-state index in [1.807, 2.05) is 48.5 Å². The second kappa shape index (κ2) is 10.7. The maximum atomic E-state index is 6.60. The van der Waals surface area contributed by atoms with E-state index in [1.165, 1.54) is 16.5 Å². The van der Waals surface area contributed by atoms with Gasteiger partial charge in [-0.05, 0) is 82.4 Å². The minimum absolute atomic E-state index is 0.803. The number of hydrogen-bond donors (Lipinski definition) is 0. The van der Waals surface area contributed by atoms with Crippen LogP contribution in [-0.2, 0) is 0 Å². The molecular formula is C41H26N4O. The highest BCUT2D eigenvalue weighted by molar-refractivity contribution is 6.13. The average Bonchev–Trinajstić information content (AvgIpc) is 3.67. The Bertz CT molecular complexity index is 2440. The Kier molecular flexibility index (Phi) is 6.06. The van der Waals surface area contributed by atoms with Crippen LogP contribution in [0.1, 0.15) is 0 Å². The van der Waals surface area contributed by atoms with Crippen molar-refractivity contribution in [3.63, 3.8) is 0 Å². The van der Waals surface area contributed by atoms with E-state index in [0.717, 1.165) is 67.4 Å². The Morgan fingerprint density at radius 3 is 1.78 bits per heavy atom. The third kappa shape index (κ3) is 4.29. The summed E-state index contributed by atoms with van der Waals surface area (Å²) in [5.41, 5.74) is 13.8. The largest absolute Gasteiger partial charge is 0.438 e. The van der Waals surface area contributed by atoms with Gasteiger partial charge in [0.15, 0.2) is 5.58 Å². The zero-order valence-corrected chi connectivity index (χ0v) is 24.7. The van der Waals surface area contributed by atoms with Crippen LogP contribution >= 0.6 is 0 Å². The molecule has 0 spiro atoms. The van der Waals surface area contributed by atoms with Gasteiger partial charge < -0.3 is 4.42 Å². The Hall–Kier alpha value is -6.33. The lowest BCUT2D eigenvalue weighted by Gasteiger charge is -2.11. The van der Waals surface area contributed by atoms with Crippen molar-refractivity contribution in [2.24, 2.45) is 0 Å². The molecule has 5 heteroatoms. The lowest BCUT2D eigenvalue weighted by molar-refractivity contribution is 0.658. The van der Waals surface area contributed by atoms with Crippen LogP contribution in [0.3, 0.4) is 0 Å². The molecule has 0 saturated heterocycles. The number of pyridine rings is 3. The number of oxazole rings is 1. The first-order valence-corrected chi connectivity index (χ1v) is 15.3. The van der Waals surface area contributed by atoms with Gasteiger partial charge >= 0.3 is 0 Å². The molecule has 0 bridgehead atoms. The summed E-state index contributed by atoms with van der Waals surface area (Å²) in [6.07, 6.45) is 3.59. The average molecular weight is 591 g/mol. The van der Waals surface area contributed by atoms with Crippen LogP contribution in [0.4, 0.5) is 0 Å². The first-order chi connectivity index (χ1) is 22.8. The van der Waals surface area contributed by atoms with Crippen LogP contribution in [0.2, 0.25) is 0 Å². The first kappa shape index (κ1) is 26.1. The molecular weight excluding hydrogens is 564 g/mol. The zero-order chi connectivity index (χ0) is 30.5. The molecule has 0 aliphatic carbocycles. The molecule has 0 saturated carbocycles. The van der Waals surface area contributed by atoms with Gasteiger partial charge in [-0.25, -0.2) is 4.98 Å². The van der Waals surface area contributed by atoms with Crippen LogP contribution < -0.4 is 0 Å². The molecule has 0 aliphatic rings. The fourth-order valence-electron chi connectivity index (χ4n) is 6.43. The number of aromatic nitrogens is 4. The third-order valence-corrected chi connectivity index (χ3v) is 8.53. The highest BCUT2D eigenvalue weighted by Crippen LogP contribution is 2.44. The summed E-state index contributed by atoms with van der Waals surface area (Å²) < 4.78 is 8.85. The quantitative estimate of drug-likeness (QED) is 0.200. The molecule has 5 heterocycles. The van der Waals surface area contributed by atoms with Crippen molar-refractivity contribution in [3.8, 4) is 56.2 Å². The molecule has 9 rings (SSSR count). The Morgan fingerprint density at radius 2 is 1.09 bits per heavy atom. The lowest BCUT2D eigenvalue weighted by Crippen LogP contribution is -1.94. The lowest BCUT2D eigenvalue weighted by atomic mass is 9.94. The standard InChI is InChI=1S/C41H26N4O/c1-2-11-28(12-3-1)31-13-10-17-37-40(31)39(41-45(37)36-16-4-5-18-38(36)46-41)29-21-19-27(20-22-29)30-25-34(32-14-6-8-23-42-32)44-35(26-30)33-15-7-9-24-43-33/h1-26H. The summed E-state index contributed by atoms with van der Waals surface area (Å²) in [5, 5.41) is 1.17. The van der Waals surface area contributed by atoms with Crippen molar-refractivity contribution in [2.75, 3.05) is 0 Å². The predicted molar refractivity (Wildman–Crippen MR) is 185 cm³/mol. The summed E-state index contributed by atoms with van der Waals surface area (Å²) in [6.45, 7) is 0. The molecule has 4 aromatic carbocycles. The summed E-state index contributed by atoms with van der Waals surface area (Å²) in [7, 11) is 0. The fraction of sp³-hybridized carbons (Fsp3) is 0. The van der Waals surface area contributed by atoms with Crippen LogP contribution in [-0.4, -0.2) is 19.4 Å². The first-order valence-electron chi connectivity index (χ1n) is 15.3. The van der Waals surface area contributed by atoms with Crippen LogP contribution in [0.15, 0.2) is 162 Å². The molecule has 0 atom stereocenters. The number of benzene rings is 4. The molecule has 46 heavy (non-hydrogen) atoms. The van der Waals surface area contributed by atoms with Gasteiger partial charge in [-0.3, -0.25) is 14.4 Å². The molecule has 0 N–H and O–H groups in total. The molecule has 9 aromatic rings. The maximum Gasteiger partial charge on any atom is 0.213 e. The van der Waals surface area contributed by atoms with E-state index in [0.29, 0.717) is 0 Å². The zero-order valence-electron chi connectivity index (χ0n) is 24.7. The Balaban J connectivity index is 1.24. The molecule has 0 aliphatic heterocycles. The maximum absolute atomic E-state index is 6.60. The summed E-state index contributed by atoms with van der Waals surface area (Å²) in [5.74, 6) is 0. The summed E-state index contributed by atoms with van der Waals surface area (Å²) >= 11 is 0. The van der Waals surface area contributed by atoms with E-state index in [1.54, 1.807) is 12.4 Å². The molecule has 5 aromatic heterocycles. The number of para-hydroxylation sites is 2. The van der Waals surface area contributed by atoms with Crippen molar-refractivity contribution in [2.45, 2.75) is 0 Å². The number of fused-ring (bicyclic) bond motifs is 5. The summed E-state index contributed by atoms with van der Waals surface area (Å²) in [4.78, 5) is 14.1. The van der Waals surface area contributed by atoms with Crippen LogP contribution in [0.5, 0.6) is 0 Å². The van der Waals surface area contributed by atoms with Crippen LogP contribution in [0, 0.1) is 0 Å². The van der Waals surface area contributed by atoms with E-state index >= 15 is 0 Å². The number of rotatable bonds is 5. The SMILES string of the molecule is c1ccc(-c2cccc3c2c(-c2ccc(-c4cc(-c5ccccn5)nc(-c5ccccn5)c4)cc2)c2oc4ccccc4n23)cc1. The van der Waals surface area contributed by atoms with E-state index in [2.05, 4.69) is 111 Å². The molecule has 216 valence electrons. The topological polar surface area (TPSA) is 56.2 Å². The third-order valence-electron chi connectivity index (χ3n) is 8.53. The van der Waals surface area contributed by atoms with Gasteiger partial charge in [0.25, 0.3) is 0 Å². The van der Waals surface area contributed by atoms with Gasteiger partial charge in [0.2, 0.25) is 5.71 Å². The van der Waals surface area contributed by atoms with Gasteiger partial charge in [-0.15, -0.1) is 0 Å². The van der Waals surface area contributed by atoms with Gasteiger partial charge in [-0.1, -0.05) is 91.0 Å². The Labute approximate surface area is 265 Å². The highest BCUT2D eigenvalue weighted by atomic mass is 16.3. The minimum atomic E-state index is 0.803. The molecule has 0 amide bonds. The number of hydrogen-bond acceptors (Lipinski definition) is 4. The van der Waals surface area contributed by atoms with Gasteiger partial charge in [0, 0.05) is 17.8 Å². The molecule has 0 unspecified atom stereocenters. The monoisotopic (exact) mass is 590 g/mol. The second-order valence-corrected chi connectivity index (χ2v) is 11.3. The van der Waals surface area contributed by atoms with Crippen molar-refractivity contribution in [1.29, 1.82) is 0 Å². The van der Waals surface area contributed by atoms with Gasteiger partial charge in [-0.2, -0.15) is 0 Å². The number of nitrogens with zero attached hydrogens (tertiary/aromatic N) is 4. The van der Waals surface area contributed by atoms with E-state index in [-0.39, 0.29) is 0 Å².